The summed E-state index contributed by atoms with van der Waals surface area (Å²) in [6.45, 7) is 4.81. The maximum Gasteiger partial charge on any atom is 0.238 e. The number of pyridine rings is 1. The molecule has 2 aromatic rings. The van der Waals surface area contributed by atoms with Crippen LogP contribution in [0, 0.1) is 5.41 Å². The van der Waals surface area contributed by atoms with E-state index in [0.29, 0.717) is 41.5 Å². The van der Waals surface area contributed by atoms with Gasteiger partial charge in [0.25, 0.3) is 0 Å². The highest BCUT2D eigenvalue weighted by Crippen LogP contribution is 2.63. The summed E-state index contributed by atoms with van der Waals surface area (Å²) < 4.78 is 5.22. The molecule has 2 saturated carbocycles. The predicted molar refractivity (Wildman–Crippen MR) is 163 cm³/mol. The smallest absolute Gasteiger partial charge is 0.238 e. The molecule has 2 aliphatic carbocycles. The second-order valence-electron chi connectivity index (χ2n) is 13.7. The predicted octanol–water partition coefficient (Wildman–Crippen LogP) is 5.11. The number of amides is 2. The van der Waals surface area contributed by atoms with E-state index in [0.717, 1.165) is 36.8 Å². The number of fused-ring (bicyclic) bond motifs is 3. The molecule has 2 spiro atoms. The van der Waals surface area contributed by atoms with E-state index >= 15 is 0 Å². The van der Waals surface area contributed by atoms with Crippen molar-refractivity contribution >= 4 is 40.7 Å². The fraction of sp³-hybridized carbons (Fsp3) is 0.594. The number of methoxy groups -OCH3 is 1. The van der Waals surface area contributed by atoms with E-state index in [1.165, 1.54) is 0 Å². The average Bonchev–Trinajstić information content (AvgIpc) is 3.40. The lowest BCUT2D eigenvalue weighted by Gasteiger charge is -2.50. The quantitative estimate of drug-likeness (QED) is 0.348. The molecule has 0 radical (unpaired) electrons. The Morgan fingerprint density at radius 1 is 1.10 bits per heavy atom. The molecular weight excluding hydrogens is 575 g/mol. The van der Waals surface area contributed by atoms with Crippen LogP contribution in [-0.4, -0.2) is 58.8 Å². The van der Waals surface area contributed by atoms with E-state index in [4.69, 9.17) is 27.9 Å². The molecule has 6 rings (SSSR count). The third kappa shape index (κ3) is 4.84. The number of hydrogen-bond acceptors (Lipinski definition) is 6. The number of benzene rings is 1. The van der Waals surface area contributed by atoms with Crippen molar-refractivity contribution in [2.45, 2.75) is 99.8 Å². The summed E-state index contributed by atoms with van der Waals surface area (Å²) in [5, 5.41) is 21.9. The molecule has 10 heteroatoms. The summed E-state index contributed by atoms with van der Waals surface area (Å²) in [6.07, 6.45) is 7.34. The molecule has 42 heavy (non-hydrogen) atoms. The van der Waals surface area contributed by atoms with Crippen LogP contribution in [0.3, 0.4) is 0 Å². The second kappa shape index (κ2) is 10.7. The number of rotatable bonds is 5. The number of halogens is 2. The second-order valence-corrected chi connectivity index (χ2v) is 14.5. The minimum absolute atomic E-state index is 0.0839. The highest BCUT2D eigenvalue weighted by atomic mass is 35.5. The Kier molecular flexibility index (Phi) is 7.62. The van der Waals surface area contributed by atoms with Gasteiger partial charge in [0.15, 0.2) is 0 Å². The number of aliphatic hydroxyl groups is 1. The lowest BCUT2D eigenvalue weighted by atomic mass is 9.53. The molecule has 2 amide bonds. The summed E-state index contributed by atoms with van der Waals surface area (Å²) in [5.41, 5.74) is -0.133. The number of carbonyl (C=O) groups is 2. The van der Waals surface area contributed by atoms with E-state index in [-0.39, 0.29) is 29.9 Å². The zero-order valence-corrected chi connectivity index (χ0v) is 25.9. The normalized spacial score (nSPS) is 33.0. The molecule has 3 fully saturated rings. The number of ether oxygens (including phenoxy) is 1. The van der Waals surface area contributed by atoms with E-state index < -0.39 is 28.5 Å². The van der Waals surface area contributed by atoms with Crippen molar-refractivity contribution in [3.8, 4) is 0 Å². The van der Waals surface area contributed by atoms with Crippen LogP contribution in [0.15, 0.2) is 36.5 Å². The van der Waals surface area contributed by atoms with Crippen molar-refractivity contribution in [3.05, 3.63) is 57.8 Å². The SMILES string of the molecule is COC[C@]1(O)CC[C@@H](NC(=O)[C@@H]2NC3(CCC(C)(C)CC3)[C@@]3(C(=O)Nc4cc(Cl)ccc43)[C@H]2c2ccnc(Cl)c2)CC1. The average molecular weight is 616 g/mol. The third-order valence-electron chi connectivity index (χ3n) is 10.5. The monoisotopic (exact) mass is 614 g/mol. The number of nitrogens with zero attached hydrogens (tertiary/aromatic N) is 1. The standard InChI is InChI=1S/C32H40Cl2N4O4/c1-29(2)11-13-31(14-12-29)32(22-5-4-20(33)17-23(22)37-28(32)40)25(19-8-15-35-24(34)16-19)26(38-31)27(39)36-21-6-9-30(41,10-7-21)18-42-3/h4-5,8,15-17,21,25-26,38,41H,6-7,9-14,18H2,1-3H3,(H,36,39)(H,37,40)/t21-,25-,26+,30+,32+/m0/s1. The van der Waals surface area contributed by atoms with Crippen molar-refractivity contribution in [2.75, 3.05) is 19.0 Å². The fourth-order valence-corrected chi connectivity index (χ4v) is 8.65. The van der Waals surface area contributed by atoms with Crippen LogP contribution >= 0.6 is 23.2 Å². The van der Waals surface area contributed by atoms with Crippen LogP contribution in [0.2, 0.25) is 10.2 Å². The first kappa shape index (κ1) is 29.8. The molecule has 3 heterocycles. The summed E-state index contributed by atoms with van der Waals surface area (Å²) in [6, 6.07) is 8.46. The van der Waals surface area contributed by atoms with Gasteiger partial charge < -0.3 is 20.5 Å². The van der Waals surface area contributed by atoms with Crippen molar-refractivity contribution in [1.29, 1.82) is 0 Å². The summed E-state index contributed by atoms with van der Waals surface area (Å²) in [5.74, 6) is -0.815. The zero-order valence-electron chi connectivity index (χ0n) is 24.4. The highest BCUT2D eigenvalue weighted by Gasteiger charge is 2.72. The Morgan fingerprint density at radius 3 is 2.48 bits per heavy atom. The molecule has 1 aromatic carbocycles. The fourth-order valence-electron chi connectivity index (χ4n) is 8.30. The maximum absolute atomic E-state index is 14.5. The van der Waals surface area contributed by atoms with Crippen LogP contribution in [-0.2, 0) is 19.7 Å². The van der Waals surface area contributed by atoms with E-state index in [2.05, 4.69) is 34.8 Å². The Labute approximate surface area is 257 Å². The molecule has 2 aliphatic heterocycles. The zero-order chi connectivity index (χ0) is 29.9. The van der Waals surface area contributed by atoms with Gasteiger partial charge in [0.2, 0.25) is 11.8 Å². The maximum atomic E-state index is 14.5. The molecule has 226 valence electrons. The molecule has 0 unspecified atom stereocenters. The first-order valence-corrected chi connectivity index (χ1v) is 15.7. The minimum atomic E-state index is -1.07. The van der Waals surface area contributed by atoms with Crippen LogP contribution in [0.1, 0.15) is 82.3 Å². The number of hydrogen-bond donors (Lipinski definition) is 4. The minimum Gasteiger partial charge on any atom is -0.387 e. The lowest BCUT2D eigenvalue weighted by molar-refractivity contribution is -0.125. The Bertz CT molecular complexity index is 1380. The number of nitrogens with one attached hydrogen (secondary N) is 3. The van der Waals surface area contributed by atoms with Gasteiger partial charge in [0.05, 0.1) is 18.2 Å². The van der Waals surface area contributed by atoms with Crippen LogP contribution < -0.4 is 16.0 Å². The van der Waals surface area contributed by atoms with Crippen LogP contribution in [0.4, 0.5) is 5.69 Å². The summed E-state index contributed by atoms with van der Waals surface area (Å²) in [4.78, 5) is 33.1. The summed E-state index contributed by atoms with van der Waals surface area (Å²) >= 11 is 12.8. The Morgan fingerprint density at radius 2 is 1.81 bits per heavy atom. The van der Waals surface area contributed by atoms with Gasteiger partial charge in [-0.05, 0) is 92.2 Å². The van der Waals surface area contributed by atoms with E-state index in [9.17, 15) is 14.7 Å². The number of anilines is 1. The molecule has 4 aliphatic rings. The largest absolute Gasteiger partial charge is 0.387 e. The van der Waals surface area contributed by atoms with Gasteiger partial charge in [-0.1, -0.05) is 43.1 Å². The lowest BCUT2D eigenvalue weighted by Crippen LogP contribution is -2.61. The van der Waals surface area contributed by atoms with E-state index in [1.54, 1.807) is 25.4 Å². The van der Waals surface area contributed by atoms with Crippen molar-refractivity contribution in [3.63, 3.8) is 0 Å². The van der Waals surface area contributed by atoms with Crippen molar-refractivity contribution < 1.29 is 19.4 Å². The third-order valence-corrected chi connectivity index (χ3v) is 11.0. The molecule has 4 N–H and O–H groups in total. The highest BCUT2D eigenvalue weighted by molar-refractivity contribution is 6.31. The van der Waals surface area contributed by atoms with Gasteiger partial charge in [-0.2, -0.15) is 0 Å². The molecule has 1 aromatic heterocycles. The topological polar surface area (TPSA) is 113 Å². The molecular formula is C32H40Cl2N4O4. The van der Waals surface area contributed by atoms with Crippen LogP contribution in [0.5, 0.6) is 0 Å². The first-order valence-electron chi connectivity index (χ1n) is 14.9. The van der Waals surface area contributed by atoms with E-state index in [1.807, 2.05) is 18.2 Å². The first-order chi connectivity index (χ1) is 19.9. The number of aromatic nitrogens is 1. The van der Waals surface area contributed by atoms with Gasteiger partial charge in [0, 0.05) is 41.5 Å². The number of carbonyl (C=O) groups excluding carboxylic acids is 2. The van der Waals surface area contributed by atoms with Crippen molar-refractivity contribution in [2.24, 2.45) is 5.41 Å². The van der Waals surface area contributed by atoms with Crippen LogP contribution in [0.25, 0.3) is 0 Å². The molecule has 8 nitrogen and oxygen atoms in total. The molecule has 0 bridgehead atoms. The molecule has 1 saturated heterocycles. The van der Waals surface area contributed by atoms with Gasteiger partial charge in [-0.25, -0.2) is 4.98 Å². The Balaban J connectivity index is 1.44. The van der Waals surface area contributed by atoms with Gasteiger partial charge in [-0.15, -0.1) is 0 Å². The molecule has 3 atom stereocenters. The van der Waals surface area contributed by atoms with Crippen molar-refractivity contribution in [1.82, 2.24) is 15.6 Å². The summed E-state index contributed by atoms with van der Waals surface area (Å²) in [7, 11) is 1.59. The Hall–Kier alpha value is -2.23. The van der Waals surface area contributed by atoms with Gasteiger partial charge >= 0.3 is 0 Å². The van der Waals surface area contributed by atoms with Gasteiger partial charge in [-0.3, -0.25) is 14.9 Å². The van der Waals surface area contributed by atoms with Gasteiger partial charge in [0.1, 0.15) is 10.6 Å².